The molecule has 0 bridgehead atoms. The van der Waals surface area contributed by atoms with Crippen LogP contribution in [0.4, 0.5) is 4.39 Å². The molecule has 5 aromatic rings. The van der Waals surface area contributed by atoms with Gasteiger partial charge in [0.2, 0.25) is 0 Å². The van der Waals surface area contributed by atoms with Crippen LogP contribution >= 0.6 is 0 Å². The van der Waals surface area contributed by atoms with Gasteiger partial charge in [-0.05, 0) is 36.4 Å². The number of para-hydroxylation sites is 1. The zero-order valence-corrected chi connectivity index (χ0v) is 16.6. The molecule has 0 N–H and O–H groups in total. The maximum Gasteiger partial charge on any atom is 0.336 e. The van der Waals surface area contributed by atoms with E-state index in [1.165, 1.54) is 12.1 Å². The lowest BCUT2D eigenvalue weighted by molar-refractivity contribution is 0.300. The molecule has 0 aliphatic rings. The van der Waals surface area contributed by atoms with E-state index < -0.39 is 5.63 Å². The molecule has 2 aromatic heterocycles. The van der Waals surface area contributed by atoms with E-state index in [4.69, 9.17) is 18.3 Å². The lowest BCUT2D eigenvalue weighted by Crippen LogP contribution is -2.00. The Kier molecular flexibility index (Phi) is 4.67. The van der Waals surface area contributed by atoms with Crippen molar-refractivity contribution in [3.63, 3.8) is 0 Å². The van der Waals surface area contributed by atoms with Gasteiger partial charge in [0.25, 0.3) is 0 Å². The molecule has 5 nitrogen and oxygen atoms in total. The monoisotopic (exact) mass is 416 g/mol. The molecule has 5 rings (SSSR count). The summed E-state index contributed by atoms with van der Waals surface area (Å²) in [5, 5.41) is 1.49. The highest BCUT2D eigenvalue weighted by atomic mass is 19.1. The molecule has 31 heavy (non-hydrogen) atoms. The molecule has 3 aromatic carbocycles. The predicted molar refractivity (Wildman–Crippen MR) is 115 cm³/mol. The van der Waals surface area contributed by atoms with Gasteiger partial charge >= 0.3 is 5.63 Å². The fourth-order valence-corrected chi connectivity index (χ4v) is 3.54. The average Bonchev–Trinajstić information content (AvgIpc) is 3.22. The van der Waals surface area contributed by atoms with Crippen molar-refractivity contribution >= 4 is 21.9 Å². The molecule has 0 unspecified atom stereocenters. The second-order valence-corrected chi connectivity index (χ2v) is 7.01. The van der Waals surface area contributed by atoms with Crippen LogP contribution in [0.2, 0.25) is 0 Å². The van der Waals surface area contributed by atoms with Gasteiger partial charge < -0.3 is 18.3 Å². The predicted octanol–water partition coefficient (Wildman–Crippen LogP) is 5.93. The van der Waals surface area contributed by atoms with Crippen LogP contribution in [-0.4, -0.2) is 7.11 Å². The Balaban J connectivity index is 1.59. The average molecular weight is 416 g/mol. The van der Waals surface area contributed by atoms with Crippen LogP contribution in [0.3, 0.4) is 0 Å². The Labute approximate surface area is 176 Å². The highest BCUT2D eigenvalue weighted by Gasteiger charge is 2.15. The molecule has 0 radical (unpaired) electrons. The Morgan fingerprint density at radius 1 is 0.935 bits per heavy atom. The van der Waals surface area contributed by atoms with Crippen LogP contribution in [0.1, 0.15) is 5.56 Å². The number of ether oxygens (including phenoxy) is 2. The summed E-state index contributed by atoms with van der Waals surface area (Å²) >= 11 is 0. The summed E-state index contributed by atoms with van der Waals surface area (Å²) in [6.07, 6.45) is 0. The second kappa shape index (κ2) is 7.65. The molecule has 0 fully saturated rings. The first-order valence-corrected chi connectivity index (χ1v) is 9.63. The van der Waals surface area contributed by atoms with Crippen molar-refractivity contribution in [2.45, 2.75) is 6.61 Å². The van der Waals surface area contributed by atoms with E-state index in [9.17, 15) is 9.18 Å². The number of hydrogen-bond acceptors (Lipinski definition) is 5. The minimum Gasteiger partial charge on any atom is -0.493 e. The molecule has 6 heteroatoms. The summed E-state index contributed by atoms with van der Waals surface area (Å²) in [6.45, 7) is 0.0755. The minimum atomic E-state index is -0.491. The van der Waals surface area contributed by atoms with Crippen LogP contribution in [0.5, 0.6) is 11.5 Å². The number of furan rings is 1. The van der Waals surface area contributed by atoms with Crippen LogP contribution in [0.15, 0.2) is 86.4 Å². The van der Waals surface area contributed by atoms with E-state index in [0.29, 0.717) is 44.9 Å². The molecule has 0 amide bonds. The van der Waals surface area contributed by atoms with Gasteiger partial charge in [-0.15, -0.1) is 0 Å². The van der Waals surface area contributed by atoms with Crippen LogP contribution in [-0.2, 0) is 6.61 Å². The molecule has 2 heterocycles. The summed E-state index contributed by atoms with van der Waals surface area (Å²) in [5.41, 5.74) is 1.52. The van der Waals surface area contributed by atoms with Gasteiger partial charge in [0.15, 0.2) is 11.3 Å². The van der Waals surface area contributed by atoms with Crippen LogP contribution in [0, 0.1) is 5.82 Å². The third-order valence-corrected chi connectivity index (χ3v) is 5.06. The van der Waals surface area contributed by atoms with E-state index in [1.54, 1.807) is 43.5 Å². The van der Waals surface area contributed by atoms with E-state index in [-0.39, 0.29) is 12.4 Å². The minimum absolute atomic E-state index is 0.0755. The van der Waals surface area contributed by atoms with Gasteiger partial charge in [-0.1, -0.05) is 30.3 Å². The van der Waals surface area contributed by atoms with E-state index in [2.05, 4.69) is 0 Å². The second-order valence-electron chi connectivity index (χ2n) is 7.01. The first kappa shape index (κ1) is 18.9. The third-order valence-electron chi connectivity index (χ3n) is 5.06. The maximum absolute atomic E-state index is 13.9. The summed E-state index contributed by atoms with van der Waals surface area (Å²) < 4.78 is 36.4. The quantitative estimate of drug-likeness (QED) is 0.332. The standard InChI is InChI=1S/C25H17FO5/c1-28-22-8-4-6-15-11-23(31-25(15)22)19-13-24(27)30-21-10-9-17(12-18(19)21)29-14-16-5-2-3-7-20(16)26/h2-13H,14H2,1H3. The van der Waals surface area contributed by atoms with E-state index >= 15 is 0 Å². The number of hydrogen-bond donors (Lipinski definition) is 0. The number of rotatable bonds is 5. The summed E-state index contributed by atoms with van der Waals surface area (Å²) in [5.74, 6) is 1.29. The van der Waals surface area contributed by atoms with Crippen molar-refractivity contribution in [2.75, 3.05) is 7.11 Å². The molecule has 0 aliphatic carbocycles. The number of methoxy groups -OCH3 is 1. The molecule has 0 saturated heterocycles. The SMILES string of the molecule is COc1cccc2cc(-c3cc(=O)oc4ccc(OCc5ccccc5F)cc34)oc12. The van der Waals surface area contributed by atoms with Crippen molar-refractivity contribution < 1.29 is 22.7 Å². The molecule has 0 aliphatic heterocycles. The fraction of sp³-hybridized carbons (Fsp3) is 0.0800. The van der Waals surface area contributed by atoms with Gasteiger partial charge in [0.1, 0.15) is 29.5 Å². The summed E-state index contributed by atoms with van der Waals surface area (Å²) in [6, 6.07) is 20.3. The number of fused-ring (bicyclic) bond motifs is 2. The highest BCUT2D eigenvalue weighted by Crippen LogP contribution is 2.36. The van der Waals surface area contributed by atoms with Gasteiger partial charge in [0, 0.05) is 28.0 Å². The fourth-order valence-electron chi connectivity index (χ4n) is 3.54. The molecule has 0 saturated carbocycles. The molecular formula is C25H17FO5. The van der Waals surface area contributed by atoms with Crippen LogP contribution in [0.25, 0.3) is 33.3 Å². The summed E-state index contributed by atoms with van der Waals surface area (Å²) in [7, 11) is 1.57. The topological polar surface area (TPSA) is 61.8 Å². The Morgan fingerprint density at radius 3 is 2.65 bits per heavy atom. The molecule has 154 valence electrons. The Morgan fingerprint density at radius 2 is 1.81 bits per heavy atom. The van der Waals surface area contributed by atoms with Crippen molar-refractivity contribution in [3.05, 3.63) is 94.6 Å². The molecular weight excluding hydrogens is 399 g/mol. The number of benzene rings is 3. The maximum atomic E-state index is 13.9. The summed E-state index contributed by atoms with van der Waals surface area (Å²) in [4.78, 5) is 12.1. The van der Waals surface area contributed by atoms with Crippen LogP contribution < -0.4 is 15.1 Å². The largest absolute Gasteiger partial charge is 0.493 e. The van der Waals surface area contributed by atoms with E-state index in [0.717, 1.165) is 5.39 Å². The van der Waals surface area contributed by atoms with Gasteiger partial charge in [-0.3, -0.25) is 0 Å². The van der Waals surface area contributed by atoms with Crippen molar-refractivity contribution in [1.29, 1.82) is 0 Å². The van der Waals surface area contributed by atoms with Gasteiger partial charge in [-0.25, -0.2) is 9.18 Å². The molecule has 0 atom stereocenters. The van der Waals surface area contributed by atoms with Gasteiger partial charge in [-0.2, -0.15) is 0 Å². The Bertz CT molecular complexity index is 1460. The Hall–Kier alpha value is -4.06. The van der Waals surface area contributed by atoms with Crippen molar-refractivity contribution in [1.82, 2.24) is 0 Å². The van der Waals surface area contributed by atoms with Crippen molar-refractivity contribution in [3.8, 4) is 22.8 Å². The number of halogens is 1. The zero-order valence-electron chi connectivity index (χ0n) is 16.6. The first-order chi connectivity index (χ1) is 15.1. The van der Waals surface area contributed by atoms with Gasteiger partial charge in [0.05, 0.1) is 7.11 Å². The smallest absolute Gasteiger partial charge is 0.336 e. The lowest BCUT2D eigenvalue weighted by Gasteiger charge is -2.09. The van der Waals surface area contributed by atoms with E-state index in [1.807, 2.05) is 24.3 Å². The third kappa shape index (κ3) is 3.53. The van der Waals surface area contributed by atoms with Crippen molar-refractivity contribution in [2.24, 2.45) is 0 Å². The highest BCUT2D eigenvalue weighted by molar-refractivity contribution is 5.96. The lowest BCUT2D eigenvalue weighted by atomic mass is 10.1. The first-order valence-electron chi connectivity index (χ1n) is 9.63. The zero-order chi connectivity index (χ0) is 21.4. The normalized spacial score (nSPS) is 11.2. The molecule has 0 spiro atoms.